The van der Waals surface area contributed by atoms with E-state index in [1.807, 2.05) is 0 Å². The number of nitrogens with two attached hydrogens (primary N) is 1. The number of aliphatic hydroxyl groups excluding tert-OH is 2. The van der Waals surface area contributed by atoms with E-state index >= 15 is 0 Å². The third-order valence-corrected chi connectivity index (χ3v) is 8.04. The predicted molar refractivity (Wildman–Crippen MR) is 128 cm³/mol. The SMILES string of the molecule is C[C@@H](O)[C@@]12C[C@]13c1cc(O)c4c(c1N[C@H]2C#C/C=C\C#C[C@H]3O)C(=O)c1cc(CN)ccc1C4=O. The van der Waals surface area contributed by atoms with Crippen molar-refractivity contribution in [1.29, 1.82) is 0 Å². The van der Waals surface area contributed by atoms with Gasteiger partial charge in [-0.05, 0) is 54.8 Å². The van der Waals surface area contributed by atoms with Crippen LogP contribution >= 0.6 is 0 Å². The molecule has 4 aliphatic rings. The topological polar surface area (TPSA) is 133 Å². The van der Waals surface area contributed by atoms with Gasteiger partial charge in [0.25, 0.3) is 0 Å². The number of phenolic OH excluding ortho intramolecular Hbond substituents is 1. The molecule has 0 saturated heterocycles. The maximum absolute atomic E-state index is 13.8. The third-order valence-electron chi connectivity index (χ3n) is 8.04. The second kappa shape index (κ2) is 7.07. The average Bonchev–Trinajstić information content (AvgIpc) is 3.57. The standard InChI is InChI=1S/C28H22N2O5/c1-14(31)27-13-28(27)18-11-19(32)22-23(24(18)30-20(27)6-4-2-3-5-7-21(28)33)26(35)17-10-15(12-29)8-9-16(17)25(22)34/h2-3,8-11,14,20-21,30-33H,12-13,29H2,1H3/b3-2-/t14-,20+,21-,27-,28-/m1/s1. The van der Waals surface area contributed by atoms with Gasteiger partial charge in [-0.25, -0.2) is 0 Å². The molecule has 2 bridgehead atoms. The normalized spacial score (nSPS) is 30.5. The Bertz CT molecular complexity index is 1520. The molecule has 174 valence electrons. The molecule has 0 aromatic heterocycles. The van der Waals surface area contributed by atoms with Crippen molar-refractivity contribution in [3.63, 3.8) is 0 Å². The van der Waals surface area contributed by atoms with Crippen molar-refractivity contribution in [3.05, 3.63) is 69.8 Å². The molecule has 1 heterocycles. The van der Waals surface area contributed by atoms with E-state index in [-0.39, 0.29) is 34.5 Å². The fraction of sp³-hybridized carbons (Fsp3) is 0.286. The van der Waals surface area contributed by atoms with Crippen LogP contribution in [-0.2, 0) is 12.0 Å². The summed E-state index contributed by atoms with van der Waals surface area (Å²) in [6.45, 7) is 1.84. The Hall–Kier alpha value is -3.88. The van der Waals surface area contributed by atoms with Crippen molar-refractivity contribution in [2.75, 3.05) is 5.32 Å². The second-order valence-electron chi connectivity index (χ2n) is 9.57. The van der Waals surface area contributed by atoms with Gasteiger partial charge in [0, 0.05) is 28.5 Å². The van der Waals surface area contributed by atoms with E-state index in [2.05, 4.69) is 29.0 Å². The Balaban J connectivity index is 1.67. The number of aromatic hydroxyl groups is 1. The molecular formula is C28H22N2O5. The number of aliphatic hydroxyl groups is 2. The molecule has 3 aliphatic carbocycles. The van der Waals surface area contributed by atoms with Crippen molar-refractivity contribution < 1.29 is 24.9 Å². The number of hydrogen-bond donors (Lipinski definition) is 5. The minimum absolute atomic E-state index is 0.0386. The Morgan fingerprint density at radius 2 is 1.83 bits per heavy atom. The molecule has 0 unspecified atom stereocenters. The summed E-state index contributed by atoms with van der Waals surface area (Å²) in [6, 6.07) is 5.63. The largest absolute Gasteiger partial charge is 0.507 e. The zero-order valence-corrected chi connectivity index (χ0v) is 18.8. The summed E-state index contributed by atoms with van der Waals surface area (Å²) >= 11 is 0. The summed E-state index contributed by atoms with van der Waals surface area (Å²) < 4.78 is 0. The molecule has 7 nitrogen and oxygen atoms in total. The number of carbonyl (C=O) groups is 2. The van der Waals surface area contributed by atoms with Gasteiger partial charge in [-0.1, -0.05) is 29.7 Å². The Morgan fingerprint density at radius 1 is 1.11 bits per heavy atom. The molecule has 1 aliphatic heterocycles. The number of allylic oxidation sites excluding steroid dienone is 2. The van der Waals surface area contributed by atoms with Crippen molar-refractivity contribution in [3.8, 4) is 29.4 Å². The predicted octanol–water partition coefficient (Wildman–Crippen LogP) is 1.37. The van der Waals surface area contributed by atoms with Crippen LogP contribution in [0.5, 0.6) is 5.75 Å². The van der Waals surface area contributed by atoms with Crippen LogP contribution in [0.4, 0.5) is 5.69 Å². The van der Waals surface area contributed by atoms with Crippen LogP contribution in [0.2, 0.25) is 0 Å². The first-order valence-electron chi connectivity index (χ1n) is 11.4. The highest BCUT2D eigenvalue weighted by Crippen LogP contribution is 2.74. The molecule has 0 spiro atoms. The van der Waals surface area contributed by atoms with E-state index in [9.17, 15) is 24.9 Å². The van der Waals surface area contributed by atoms with Crippen LogP contribution in [0.1, 0.15) is 56.3 Å². The Morgan fingerprint density at radius 3 is 2.54 bits per heavy atom. The summed E-state index contributed by atoms with van der Waals surface area (Å²) in [5.74, 6) is 10.4. The minimum atomic E-state index is -1.20. The van der Waals surface area contributed by atoms with Gasteiger partial charge in [0.05, 0.1) is 29.0 Å². The van der Waals surface area contributed by atoms with Crippen LogP contribution in [0.25, 0.3) is 0 Å². The molecular weight excluding hydrogens is 444 g/mol. The first-order valence-corrected chi connectivity index (χ1v) is 11.4. The number of phenols is 1. The minimum Gasteiger partial charge on any atom is -0.507 e. The molecule has 1 saturated carbocycles. The summed E-state index contributed by atoms with van der Waals surface area (Å²) in [6.07, 6.45) is 1.35. The molecule has 6 rings (SSSR count). The molecule has 1 fully saturated rings. The third kappa shape index (κ3) is 2.53. The molecule has 7 heteroatoms. The number of anilines is 1. The smallest absolute Gasteiger partial charge is 0.198 e. The average molecular weight is 466 g/mol. The molecule has 2 aromatic rings. The maximum atomic E-state index is 13.8. The summed E-state index contributed by atoms with van der Waals surface area (Å²) in [5, 5.41) is 36.6. The molecule has 6 N–H and O–H groups in total. The van der Waals surface area contributed by atoms with E-state index in [1.165, 1.54) is 6.07 Å². The van der Waals surface area contributed by atoms with Gasteiger partial charge in [0.15, 0.2) is 11.6 Å². The van der Waals surface area contributed by atoms with Crippen LogP contribution in [0.15, 0.2) is 36.4 Å². The Kier molecular flexibility index (Phi) is 4.37. The van der Waals surface area contributed by atoms with E-state index in [1.54, 1.807) is 37.3 Å². The number of hydrogen-bond acceptors (Lipinski definition) is 7. The molecule has 2 aromatic carbocycles. The van der Waals surface area contributed by atoms with Gasteiger partial charge in [0.2, 0.25) is 0 Å². The number of fused-ring (bicyclic) bond motifs is 4. The fourth-order valence-electron chi connectivity index (χ4n) is 6.29. The first kappa shape index (κ1) is 21.6. The van der Waals surface area contributed by atoms with Gasteiger partial charge >= 0.3 is 0 Å². The fourth-order valence-corrected chi connectivity index (χ4v) is 6.29. The lowest BCUT2D eigenvalue weighted by atomic mass is 9.69. The van der Waals surface area contributed by atoms with Gasteiger partial charge in [-0.15, -0.1) is 0 Å². The van der Waals surface area contributed by atoms with Crippen LogP contribution in [0, 0.1) is 29.1 Å². The second-order valence-corrected chi connectivity index (χ2v) is 9.57. The van der Waals surface area contributed by atoms with E-state index in [0.717, 1.165) is 0 Å². The number of ketones is 2. The van der Waals surface area contributed by atoms with Crippen molar-refractivity contribution >= 4 is 17.3 Å². The zero-order chi connectivity index (χ0) is 24.7. The number of carbonyl (C=O) groups excluding carboxylic acids is 2. The quantitative estimate of drug-likeness (QED) is 0.285. The first-order chi connectivity index (χ1) is 16.8. The lowest BCUT2D eigenvalue weighted by Crippen LogP contribution is -2.50. The van der Waals surface area contributed by atoms with Gasteiger partial charge in [-0.2, -0.15) is 0 Å². The highest BCUT2D eigenvalue weighted by atomic mass is 16.3. The van der Waals surface area contributed by atoms with Gasteiger partial charge in [0.1, 0.15) is 11.9 Å². The van der Waals surface area contributed by atoms with E-state index < -0.39 is 40.6 Å². The van der Waals surface area contributed by atoms with Crippen LogP contribution in [0.3, 0.4) is 0 Å². The van der Waals surface area contributed by atoms with Crippen molar-refractivity contribution in [1.82, 2.24) is 0 Å². The Labute approximate surface area is 201 Å². The lowest BCUT2D eigenvalue weighted by molar-refractivity contribution is 0.0603. The van der Waals surface area contributed by atoms with Gasteiger partial charge in [-0.3, -0.25) is 9.59 Å². The maximum Gasteiger partial charge on any atom is 0.198 e. The summed E-state index contributed by atoms with van der Waals surface area (Å²) in [7, 11) is 0. The number of nitrogens with one attached hydrogen (secondary N) is 1. The van der Waals surface area contributed by atoms with E-state index in [4.69, 9.17) is 5.73 Å². The highest BCUT2D eigenvalue weighted by Gasteiger charge is 2.79. The van der Waals surface area contributed by atoms with Crippen molar-refractivity contribution in [2.24, 2.45) is 11.1 Å². The zero-order valence-electron chi connectivity index (χ0n) is 18.8. The molecule has 35 heavy (non-hydrogen) atoms. The monoisotopic (exact) mass is 466 g/mol. The highest BCUT2D eigenvalue weighted by molar-refractivity contribution is 6.31. The van der Waals surface area contributed by atoms with Crippen LogP contribution < -0.4 is 11.1 Å². The van der Waals surface area contributed by atoms with Crippen molar-refractivity contribution in [2.45, 2.75) is 43.6 Å². The van der Waals surface area contributed by atoms with Gasteiger partial charge < -0.3 is 26.4 Å². The molecule has 0 radical (unpaired) electrons. The van der Waals surface area contributed by atoms with Crippen LogP contribution in [-0.4, -0.2) is 45.1 Å². The number of rotatable bonds is 2. The number of benzene rings is 2. The molecule has 0 amide bonds. The molecule has 5 atom stereocenters. The summed E-state index contributed by atoms with van der Waals surface area (Å²) in [5.41, 5.74) is 5.61. The lowest BCUT2D eigenvalue weighted by Gasteiger charge is -2.42. The van der Waals surface area contributed by atoms with E-state index in [0.29, 0.717) is 23.2 Å². The summed E-state index contributed by atoms with van der Waals surface area (Å²) in [4.78, 5) is 27.3.